The van der Waals surface area contributed by atoms with Crippen molar-refractivity contribution in [1.82, 2.24) is 19.5 Å². The number of imidazole rings is 1. The summed E-state index contributed by atoms with van der Waals surface area (Å²) in [6.45, 7) is 1.57. The number of aromatic nitrogens is 4. The van der Waals surface area contributed by atoms with E-state index in [0.717, 1.165) is 19.4 Å². The summed E-state index contributed by atoms with van der Waals surface area (Å²) in [6, 6.07) is 0.454. The third-order valence-corrected chi connectivity index (χ3v) is 5.22. The Morgan fingerprint density at radius 1 is 1.22 bits per heavy atom. The molecule has 2 aromatic heterocycles. The maximum Gasteiger partial charge on any atom is 0.271 e. The average molecular weight is 342 g/mol. The SMILES string of the molecule is FC(F)C1OCCn2c1nc1c(N3CC4CC3C4)nc(Cl)nc12. The van der Waals surface area contributed by atoms with Crippen LogP contribution in [0, 0.1) is 5.92 Å². The van der Waals surface area contributed by atoms with Crippen molar-refractivity contribution >= 4 is 28.6 Å². The zero-order chi connectivity index (χ0) is 15.7. The highest BCUT2D eigenvalue weighted by molar-refractivity contribution is 6.28. The van der Waals surface area contributed by atoms with Gasteiger partial charge in [0.1, 0.15) is 5.82 Å². The van der Waals surface area contributed by atoms with Crippen LogP contribution in [0.1, 0.15) is 24.8 Å². The molecule has 23 heavy (non-hydrogen) atoms. The summed E-state index contributed by atoms with van der Waals surface area (Å²) in [5, 5.41) is 0.124. The molecule has 3 fully saturated rings. The number of ether oxygens (including phenoxy) is 1. The zero-order valence-electron chi connectivity index (χ0n) is 12.1. The minimum absolute atomic E-state index is 0.124. The molecule has 1 aliphatic carbocycles. The molecule has 0 radical (unpaired) electrons. The largest absolute Gasteiger partial charge is 0.362 e. The molecular weight excluding hydrogens is 328 g/mol. The fraction of sp³-hybridized carbons (Fsp3) is 0.643. The Morgan fingerprint density at radius 3 is 2.74 bits per heavy atom. The molecule has 0 amide bonds. The van der Waals surface area contributed by atoms with E-state index in [-0.39, 0.29) is 17.7 Å². The van der Waals surface area contributed by atoms with E-state index in [9.17, 15) is 8.78 Å². The molecule has 1 saturated carbocycles. The van der Waals surface area contributed by atoms with Crippen LogP contribution in [0.2, 0.25) is 5.28 Å². The second kappa shape index (κ2) is 4.73. The number of rotatable bonds is 2. The topological polar surface area (TPSA) is 56.1 Å². The smallest absolute Gasteiger partial charge is 0.271 e. The number of nitrogens with zero attached hydrogens (tertiary/aromatic N) is 5. The van der Waals surface area contributed by atoms with E-state index < -0.39 is 12.5 Å². The minimum atomic E-state index is -2.63. The molecule has 0 aromatic carbocycles. The summed E-state index contributed by atoms with van der Waals surface area (Å²) in [6.07, 6.45) is -1.65. The predicted octanol–water partition coefficient (Wildman–Crippen LogP) is 2.41. The van der Waals surface area contributed by atoms with Gasteiger partial charge in [-0.25, -0.2) is 13.8 Å². The number of hydrogen-bond donors (Lipinski definition) is 0. The second-order valence-electron chi connectivity index (χ2n) is 6.38. The summed E-state index contributed by atoms with van der Waals surface area (Å²) >= 11 is 6.09. The first kappa shape index (κ1) is 13.9. The number of fused-ring (bicyclic) bond motifs is 4. The summed E-state index contributed by atoms with van der Waals surface area (Å²) in [5.74, 6) is 1.57. The Morgan fingerprint density at radius 2 is 2.04 bits per heavy atom. The van der Waals surface area contributed by atoms with E-state index in [1.165, 1.54) is 0 Å². The lowest BCUT2D eigenvalue weighted by Gasteiger charge is -2.26. The van der Waals surface area contributed by atoms with Crippen LogP contribution in [0.3, 0.4) is 0 Å². The second-order valence-corrected chi connectivity index (χ2v) is 6.72. The van der Waals surface area contributed by atoms with Gasteiger partial charge in [0.2, 0.25) is 5.28 Å². The monoisotopic (exact) mass is 341 g/mol. The standard InChI is InChI=1S/C14H14ClF2N5O/c15-14-19-11-8(12(20-14)22-5-6-3-7(22)4-6)18-13-9(10(16)17)23-2-1-21(11)13/h6-7,9-10H,1-5H2. The van der Waals surface area contributed by atoms with Crippen molar-refractivity contribution in [1.29, 1.82) is 0 Å². The van der Waals surface area contributed by atoms with E-state index in [4.69, 9.17) is 16.3 Å². The molecule has 2 bridgehead atoms. The van der Waals surface area contributed by atoms with Crippen molar-refractivity contribution < 1.29 is 13.5 Å². The number of alkyl halides is 2. The molecular formula is C14H14ClF2N5O. The van der Waals surface area contributed by atoms with Gasteiger partial charge >= 0.3 is 0 Å². The van der Waals surface area contributed by atoms with Gasteiger partial charge in [-0.05, 0) is 30.4 Å². The van der Waals surface area contributed by atoms with E-state index in [0.29, 0.717) is 35.5 Å². The van der Waals surface area contributed by atoms with E-state index in [2.05, 4.69) is 19.9 Å². The first-order valence-electron chi connectivity index (χ1n) is 7.72. The van der Waals surface area contributed by atoms with Crippen LogP contribution in [0.15, 0.2) is 0 Å². The molecule has 2 saturated heterocycles. The van der Waals surface area contributed by atoms with Crippen molar-refractivity contribution in [2.45, 2.75) is 38.0 Å². The van der Waals surface area contributed by atoms with Gasteiger partial charge in [0.15, 0.2) is 23.1 Å². The lowest BCUT2D eigenvalue weighted by atomic mass is 9.86. The number of anilines is 1. The highest BCUT2D eigenvalue weighted by Crippen LogP contribution is 2.44. The number of halogens is 3. The average Bonchev–Trinajstić information content (AvgIpc) is 3.16. The van der Waals surface area contributed by atoms with Crippen LogP contribution in [-0.2, 0) is 11.3 Å². The molecule has 122 valence electrons. The molecule has 6 nitrogen and oxygen atoms in total. The summed E-state index contributed by atoms with van der Waals surface area (Å²) in [7, 11) is 0. The summed E-state index contributed by atoms with van der Waals surface area (Å²) in [5.41, 5.74) is 1.07. The predicted molar refractivity (Wildman–Crippen MR) is 78.9 cm³/mol. The van der Waals surface area contributed by atoms with E-state index in [1.54, 1.807) is 4.57 Å². The molecule has 3 aliphatic heterocycles. The maximum absolute atomic E-state index is 13.2. The Balaban J connectivity index is 1.71. The van der Waals surface area contributed by atoms with Gasteiger partial charge in [0, 0.05) is 19.1 Å². The van der Waals surface area contributed by atoms with Gasteiger partial charge in [0.25, 0.3) is 6.43 Å². The minimum Gasteiger partial charge on any atom is -0.362 e. The van der Waals surface area contributed by atoms with Crippen LogP contribution in [0.25, 0.3) is 11.2 Å². The molecule has 0 N–H and O–H groups in total. The first-order valence-corrected chi connectivity index (χ1v) is 8.09. The first-order chi connectivity index (χ1) is 11.1. The van der Waals surface area contributed by atoms with E-state index in [1.807, 2.05) is 0 Å². The molecule has 4 aliphatic rings. The fourth-order valence-corrected chi connectivity index (χ4v) is 4.10. The fourth-order valence-electron chi connectivity index (χ4n) is 3.94. The Labute approximate surface area is 135 Å². The number of hydrogen-bond acceptors (Lipinski definition) is 5. The Kier molecular flexibility index (Phi) is 2.85. The third-order valence-electron chi connectivity index (χ3n) is 5.05. The highest BCUT2D eigenvalue weighted by atomic mass is 35.5. The van der Waals surface area contributed by atoms with Crippen molar-refractivity contribution in [3.8, 4) is 0 Å². The molecule has 1 unspecified atom stereocenters. The molecule has 1 atom stereocenters. The Bertz CT molecular complexity index is 791. The van der Waals surface area contributed by atoms with Gasteiger partial charge in [0.05, 0.1) is 6.61 Å². The molecule has 5 heterocycles. The van der Waals surface area contributed by atoms with Crippen LogP contribution >= 0.6 is 11.6 Å². The lowest BCUT2D eigenvalue weighted by molar-refractivity contribution is -0.0789. The molecule has 0 spiro atoms. The van der Waals surface area contributed by atoms with Crippen LogP contribution in [0.4, 0.5) is 14.6 Å². The van der Waals surface area contributed by atoms with Crippen molar-refractivity contribution in [2.24, 2.45) is 5.92 Å². The Hall–Kier alpha value is -1.54. The highest BCUT2D eigenvalue weighted by Gasteiger charge is 2.44. The summed E-state index contributed by atoms with van der Waals surface area (Å²) in [4.78, 5) is 15.2. The van der Waals surface area contributed by atoms with Gasteiger partial charge in [-0.2, -0.15) is 9.97 Å². The zero-order valence-corrected chi connectivity index (χ0v) is 12.9. The van der Waals surface area contributed by atoms with Crippen molar-refractivity contribution in [3.63, 3.8) is 0 Å². The summed E-state index contributed by atoms with van der Waals surface area (Å²) < 4.78 is 33.3. The third kappa shape index (κ3) is 1.91. The molecule has 6 rings (SSSR count). The van der Waals surface area contributed by atoms with Gasteiger partial charge in [-0.1, -0.05) is 0 Å². The van der Waals surface area contributed by atoms with Crippen molar-refractivity contribution in [3.05, 3.63) is 11.1 Å². The van der Waals surface area contributed by atoms with Gasteiger partial charge in [-0.15, -0.1) is 0 Å². The van der Waals surface area contributed by atoms with Gasteiger partial charge < -0.3 is 14.2 Å². The maximum atomic E-state index is 13.2. The molecule has 9 heteroatoms. The van der Waals surface area contributed by atoms with Crippen molar-refractivity contribution in [2.75, 3.05) is 18.1 Å². The normalized spacial score (nSPS) is 29.2. The van der Waals surface area contributed by atoms with Crippen LogP contribution < -0.4 is 4.90 Å². The quantitative estimate of drug-likeness (QED) is 0.785. The molecule has 2 aromatic rings. The van der Waals surface area contributed by atoms with Crippen LogP contribution in [0.5, 0.6) is 0 Å². The van der Waals surface area contributed by atoms with Gasteiger partial charge in [-0.3, -0.25) is 0 Å². The lowest BCUT2D eigenvalue weighted by Crippen LogP contribution is -2.29. The van der Waals surface area contributed by atoms with Crippen LogP contribution in [-0.4, -0.2) is 45.1 Å². The van der Waals surface area contributed by atoms with E-state index >= 15 is 0 Å².